The van der Waals surface area contributed by atoms with E-state index in [0.29, 0.717) is 28.7 Å². The van der Waals surface area contributed by atoms with Gasteiger partial charge in [-0.15, -0.1) is 9.78 Å². The minimum atomic E-state index is -0.101. The molecule has 1 N–H and O–H groups in total. The fraction of sp³-hybridized carbons (Fsp3) is 0.107. The lowest BCUT2D eigenvalue weighted by Gasteiger charge is -2.05. The van der Waals surface area contributed by atoms with Gasteiger partial charge in [-0.3, -0.25) is 0 Å². The van der Waals surface area contributed by atoms with E-state index in [1.807, 2.05) is 79.7 Å². The molecule has 0 aliphatic heterocycles. The van der Waals surface area contributed by atoms with E-state index in [0.717, 1.165) is 28.8 Å². The number of benzene rings is 3. The molecule has 3 heterocycles. The Morgan fingerprint density at radius 3 is 2.29 bits per heavy atom. The van der Waals surface area contributed by atoms with Gasteiger partial charge in [0, 0.05) is 13.3 Å². The molecule has 0 atom stereocenters. The largest absolute Gasteiger partial charge is 0.323 e. The van der Waals surface area contributed by atoms with Crippen molar-refractivity contribution >= 4 is 39.4 Å². The van der Waals surface area contributed by atoms with Crippen molar-refractivity contribution in [3.8, 4) is 0 Å². The molecule has 0 saturated carbocycles. The SMILES string of the molecule is Cc1[nH+]c2c(c(=O)n1CCc1ccccc1)c1nc3ccccc3nc1n2N=Cc1ccccc1. The van der Waals surface area contributed by atoms with Crippen molar-refractivity contribution in [1.29, 1.82) is 0 Å². The smallest absolute Gasteiger partial charge is 0.250 e. The third-order valence-corrected chi connectivity index (χ3v) is 6.19. The van der Waals surface area contributed by atoms with Crippen molar-refractivity contribution in [2.45, 2.75) is 19.9 Å². The Hall–Kier alpha value is -4.65. The molecule has 0 spiro atoms. The molecular formula is C28H23N6O+. The zero-order valence-electron chi connectivity index (χ0n) is 19.2. The van der Waals surface area contributed by atoms with Gasteiger partial charge in [0.2, 0.25) is 11.5 Å². The predicted molar refractivity (Wildman–Crippen MR) is 138 cm³/mol. The molecule has 7 nitrogen and oxygen atoms in total. The van der Waals surface area contributed by atoms with Gasteiger partial charge < -0.3 is 0 Å². The zero-order chi connectivity index (χ0) is 23.8. The number of para-hydroxylation sites is 2. The molecule has 6 rings (SSSR count). The third-order valence-electron chi connectivity index (χ3n) is 6.19. The lowest BCUT2D eigenvalue weighted by Crippen LogP contribution is -2.31. The van der Waals surface area contributed by atoms with Gasteiger partial charge in [-0.2, -0.15) is 0 Å². The van der Waals surface area contributed by atoms with E-state index >= 15 is 0 Å². The molecule has 0 fully saturated rings. The summed E-state index contributed by atoms with van der Waals surface area (Å²) in [4.78, 5) is 26.9. The van der Waals surface area contributed by atoms with Crippen LogP contribution in [0.25, 0.3) is 33.2 Å². The molecule has 3 aromatic carbocycles. The average molecular weight is 460 g/mol. The van der Waals surface area contributed by atoms with Crippen LogP contribution in [0.1, 0.15) is 17.0 Å². The molecule has 3 aromatic heterocycles. The Bertz CT molecular complexity index is 1770. The van der Waals surface area contributed by atoms with Gasteiger partial charge in [0.25, 0.3) is 5.65 Å². The van der Waals surface area contributed by atoms with Gasteiger partial charge >= 0.3 is 5.56 Å². The molecule has 0 saturated heterocycles. The van der Waals surface area contributed by atoms with Crippen LogP contribution in [-0.4, -0.2) is 25.4 Å². The van der Waals surface area contributed by atoms with Gasteiger partial charge in [-0.25, -0.2) is 24.3 Å². The van der Waals surface area contributed by atoms with Crippen molar-refractivity contribution in [3.05, 3.63) is 112 Å². The van der Waals surface area contributed by atoms with Crippen LogP contribution in [0.5, 0.6) is 0 Å². The van der Waals surface area contributed by atoms with E-state index in [1.165, 1.54) is 5.56 Å². The number of H-pyrrole nitrogens is 1. The highest BCUT2D eigenvalue weighted by Gasteiger charge is 2.26. The Labute approximate surface area is 201 Å². The molecule has 0 amide bonds. The topological polar surface area (TPSA) is 79.2 Å². The minimum absolute atomic E-state index is 0.101. The number of hydrogen-bond acceptors (Lipinski definition) is 4. The summed E-state index contributed by atoms with van der Waals surface area (Å²) in [5.74, 6) is 0.752. The Balaban J connectivity index is 1.58. The Morgan fingerprint density at radius 2 is 1.54 bits per heavy atom. The standard InChI is InChI=1S/C28H22N6O/c1-19-30-26-24(28(35)33(19)17-16-20-10-4-2-5-11-20)25-27(32-23-15-9-8-14-22(23)31-25)34(26)29-18-21-12-6-3-7-13-21/h2-15,18H,16-17H2,1H3/p+1. The summed E-state index contributed by atoms with van der Waals surface area (Å²) >= 11 is 0. The van der Waals surface area contributed by atoms with Crippen LogP contribution in [0.3, 0.4) is 0 Å². The summed E-state index contributed by atoms with van der Waals surface area (Å²) < 4.78 is 3.46. The second-order valence-corrected chi connectivity index (χ2v) is 8.48. The van der Waals surface area contributed by atoms with Gasteiger partial charge in [-0.1, -0.05) is 72.8 Å². The molecule has 170 valence electrons. The number of nitrogens with zero attached hydrogens (tertiary/aromatic N) is 5. The van der Waals surface area contributed by atoms with E-state index in [-0.39, 0.29) is 5.56 Å². The van der Waals surface area contributed by atoms with E-state index in [4.69, 9.17) is 15.1 Å². The molecule has 0 radical (unpaired) electrons. The highest BCUT2D eigenvalue weighted by Crippen LogP contribution is 2.24. The molecule has 6 aromatic rings. The number of aromatic amines is 1. The first-order valence-corrected chi connectivity index (χ1v) is 11.6. The molecule has 0 bridgehead atoms. The van der Waals surface area contributed by atoms with Gasteiger partial charge in [0.15, 0.2) is 5.39 Å². The van der Waals surface area contributed by atoms with Crippen LogP contribution in [-0.2, 0) is 13.0 Å². The predicted octanol–water partition coefficient (Wildman–Crippen LogP) is 4.15. The number of hydrogen-bond donors (Lipinski definition) is 0. The number of aryl methyl sites for hydroxylation is 2. The summed E-state index contributed by atoms with van der Waals surface area (Å²) in [7, 11) is 0. The van der Waals surface area contributed by atoms with Crippen molar-refractivity contribution in [2.75, 3.05) is 0 Å². The van der Waals surface area contributed by atoms with Crippen LogP contribution in [0.4, 0.5) is 0 Å². The first-order valence-electron chi connectivity index (χ1n) is 11.6. The molecule has 7 heteroatoms. The summed E-state index contributed by atoms with van der Waals surface area (Å²) in [6.07, 6.45) is 2.51. The monoisotopic (exact) mass is 459 g/mol. The second kappa shape index (κ2) is 8.61. The van der Waals surface area contributed by atoms with Crippen molar-refractivity contribution in [1.82, 2.24) is 19.2 Å². The molecule has 0 aliphatic rings. The van der Waals surface area contributed by atoms with Gasteiger partial charge in [0.1, 0.15) is 5.52 Å². The van der Waals surface area contributed by atoms with E-state index in [2.05, 4.69) is 17.1 Å². The summed E-state index contributed by atoms with van der Waals surface area (Å²) in [5, 5.41) is 5.20. The molecule has 0 aliphatic carbocycles. The highest BCUT2D eigenvalue weighted by molar-refractivity contribution is 6.03. The highest BCUT2D eigenvalue weighted by atomic mass is 16.1. The number of fused-ring (bicyclic) bond motifs is 4. The summed E-state index contributed by atoms with van der Waals surface area (Å²) in [6.45, 7) is 2.47. The fourth-order valence-electron chi connectivity index (χ4n) is 4.40. The van der Waals surface area contributed by atoms with Crippen LogP contribution < -0.4 is 10.5 Å². The zero-order valence-corrected chi connectivity index (χ0v) is 19.2. The quantitative estimate of drug-likeness (QED) is 0.363. The van der Waals surface area contributed by atoms with E-state index in [1.54, 1.807) is 15.5 Å². The summed E-state index contributed by atoms with van der Waals surface area (Å²) in [5.41, 5.74) is 5.18. The molecular weight excluding hydrogens is 436 g/mol. The van der Waals surface area contributed by atoms with Gasteiger partial charge in [-0.05, 0) is 23.3 Å². The van der Waals surface area contributed by atoms with Crippen LogP contribution >= 0.6 is 0 Å². The number of aromatic nitrogens is 5. The lowest BCUT2D eigenvalue weighted by molar-refractivity contribution is -0.368. The van der Waals surface area contributed by atoms with Crippen molar-refractivity contribution < 1.29 is 4.98 Å². The third kappa shape index (κ3) is 3.77. The lowest BCUT2D eigenvalue weighted by atomic mass is 10.1. The number of rotatable bonds is 5. The maximum atomic E-state index is 13.8. The van der Waals surface area contributed by atoms with Crippen molar-refractivity contribution in [3.63, 3.8) is 0 Å². The second-order valence-electron chi connectivity index (χ2n) is 8.48. The first kappa shape index (κ1) is 20.9. The maximum absolute atomic E-state index is 13.8. The van der Waals surface area contributed by atoms with Crippen LogP contribution in [0, 0.1) is 6.92 Å². The van der Waals surface area contributed by atoms with Crippen LogP contribution in [0.15, 0.2) is 94.8 Å². The number of nitrogens with one attached hydrogen (secondary N) is 1. The average Bonchev–Trinajstić information content (AvgIpc) is 3.19. The normalized spacial score (nSPS) is 11.8. The minimum Gasteiger partial charge on any atom is -0.250 e. The fourth-order valence-corrected chi connectivity index (χ4v) is 4.40. The van der Waals surface area contributed by atoms with E-state index in [9.17, 15) is 4.79 Å². The van der Waals surface area contributed by atoms with Crippen LogP contribution in [0.2, 0.25) is 0 Å². The first-order chi connectivity index (χ1) is 17.2. The Kier molecular flexibility index (Phi) is 5.15. The van der Waals surface area contributed by atoms with Gasteiger partial charge in [0.05, 0.1) is 23.8 Å². The molecule has 35 heavy (non-hydrogen) atoms. The Morgan fingerprint density at radius 1 is 0.886 bits per heavy atom. The molecule has 0 unspecified atom stereocenters. The van der Waals surface area contributed by atoms with E-state index < -0.39 is 0 Å². The maximum Gasteiger partial charge on any atom is 0.323 e. The summed E-state index contributed by atoms with van der Waals surface area (Å²) in [6, 6.07) is 27.7. The van der Waals surface area contributed by atoms with Crippen molar-refractivity contribution in [2.24, 2.45) is 5.10 Å².